The first-order chi connectivity index (χ1) is 11.8. The molecule has 0 fully saturated rings. The lowest BCUT2D eigenvalue weighted by Gasteiger charge is -2.32. The van der Waals surface area contributed by atoms with Crippen LogP contribution in [-0.2, 0) is 0 Å². The van der Waals surface area contributed by atoms with Gasteiger partial charge in [0.05, 0.1) is 12.2 Å². The molecule has 0 amide bonds. The molecule has 0 saturated heterocycles. The molecule has 0 spiro atoms. The highest BCUT2D eigenvalue weighted by atomic mass is 35.5. The van der Waals surface area contributed by atoms with E-state index < -0.39 is 5.97 Å². The van der Waals surface area contributed by atoms with Crippen LogP contribution in [0.3, 0.4) is 0 Å². The van der Waals surface area contributed by atoms with Crippen molar-refractivity contribution in [2.75, 3.05) is 6.61 Å². The Morgan fingerprint density at radius 2 is 2.08 bits per heavy atom. The van der Waals surface area contributed by atoms with Crippen molar-refractivity contribution < 1.29 is 14.6 Å². The van der Waals surface area contributed by atoms with E-state index in [0.29, 0.717) is 24.2 Å². The quantitative estimate of drug-likeness (QED) is 0.699. The largest absolute Gasteiger partial charge is 0.478 e. The van der Waals surface area contributed by atoms with Crippen LogP contribution < -0.4 is 4.74 Å². The van der Waals surface area contributed by atoms with E-state index in [0.717, 1.165) is 12.8 Å². The zero-order valence-corrected chi connectivity index (χ0v) is 15.7. The zero-order chi connectivity index (χ0) is 18.6. The van der Waals surface area contributed by atoms with Gasteiger partial charge in [0.1, 0.15) is 5.15 Å². The molecule has 136 valence electrons. The maximum absolute atomic E-state index is 11.0. The number of rotatable bonds is 8. The summed E-state index contributed by atoms with van der Waals surface area (Å²) >= 11 is 5.90. The minimum atomic E-state index is -1.11. The van der Waals surface area contributed by atoms with Crippen molar-refractivity contribution in [3.05, 3.63) is 35.1 Å². The van der Waals surface area contributed by atoms with Gasteiger partial charge in [0.2, 0.25) is 5.88 Å². The van der Waals surface area contributed by atoms with E-state index >= 15 is 0 Å². The number of aromatic carboxylic acids is 1. The molecule has 1 N–H and O–H groups in total. The first-order valence-corrected chi connectivity index (χ1v) is 8.75. The number of carboxylic acid groups (broad SMARTS) is 1. The molecule has 1 unspecified atom stereocenters. The van der Waals surface area contributed by atoms with Gasteiger partial charge in [-0.1, -0.05) is 45.7 Å². The number of ether oxygens (including phenoxy) is 1. The second-order valence-electron chi connectivity index (χ2n) is 6.67. The number of hydrogen-bond acceptors (Lipinski definition) is 4. The van der Waals surface area contributed by atoms with Crippen molar-refractivity contribution in [2.45, 2.75) is 40.5 Å². The van der Waals surface area contributed by atoms with Crippen molar-refractivity contribution in [3.63, 3.8) is 0 Å². The maximum atomic E-state index is 11.0. The van der Waals surface area contributed by atoms with Crippen LogP contribution in [0.5, 0.6) is 5.88 Å². The summed E-state index contributed by atoms with van der Waals surface area (Å²) in [5.41, 5.74) is 0.167. The van der Waals surface area contributed by atoms with Crippen LogP contribution in [0.15, 0.2) is 24.4 Å². The van der Waals surface area contributed by atoms with Gasteiger partial charge in [-0.25, -0.2) is 14.5 Å². The Morgan fingerprint density at radius 3 is 2.64 bits per heavy atom. The van der Waals surface area contributed by atoms with Crippen LogP contribution in [-0.4, -0.2) is 32.4 Å². The molecule has 7 heteroatoms. The second kappa shape index (κ2) is 7.87. The molecule has 0 radical (unpaired) electrons. The Bertz CT molecular complexity index is 743. The summed E-state index contributed by atoms with van der Waals surface area (Å²) in [6, 6.07) is 4.72. The van der Waals surface area contributed by atoms with E-state index in [9.17, 15) is 4.79 Å². The van der Waals surface area contributed by atoms with Gasteiger partial charge in [-0.05, 0) is 29.9 Å². The maximum Gasteiger partial charge on any atom is 0.338 e. The third-order valence-corrected chi connectivity index (χ3v) is 5.09. The summed E-state index contributed by atoms with van der Waals surface area (Å²) in [5.74, 6) is 0.263. The molecule has 0 aliphatic rings. The average molecular weight is 366 g/mol. The fourth-order valence-electron chi connectivity index (χ4n) is 2.59. The number of carbonyl (C=O) groups is 1. The minimum Gasteiger partial charge on any atom is -0.478 e. The standard InChI is InChI=1S/C18H24ClN3O3/c1-5-12(18(3,4)6-2)11-25-15-9-10-22(21-15)14-8-7-13(17(23)24)16(19)20-14/h7-10,12H,5-6,11H2,1-4H3,(H,23,24). The third-order valence-electron chi connectivity index (χ3n) is 4.81. The first kappa shape index (κ1) is 19.2. The number of pyridine rings is 1. The van der Waals surface area contributed by atoms with E-state index in [2.05, 4.69) is 37.8 Å². The zero-order valence-electron chi connectivity index (χ0n) is 15.0. The molecule has 2 aromatic rings. The Hall–Kier alpha value is -2.08. The van der Waals surface area contributed by atoms with Crippen LogP contribution in [0.25, 0.3) is 5.82 Å². The van der Waals surface area contributed by atoms with E-state index in [1.165, 1.54) is 10.7 Å². The monoisotopic (exact) mass is 365 g/mol. The summed E-state index contributed by atoms with van der Waals surface area (Å²) in [5, 5.41) is 13.3. The van der Waals surface area contributed by atoms with Crippen LogP contribution in [0.2, 0.25) is 5.15 Å². The van der Waals surface area contributed by atoms with Crippen molar-refractivity contribution in [1.29, 1.82) is 0 Å². The highest BCUT2D eigenvalue weighted by molar-refractivity contribution is 6.32. The lowest BCUT2D eigenvalue weighted by atomic mass is 9.76. The van der Waals surface area contributed by atoms with Crippen molar-refractivity contribution in [3.8, 4) is 11.7 Å². The smallest absolute Gasteiger partial charge is 0.338 e. The van der Waals surface area contributed by atoms with Crippen molar-refractivity contribution >= 4 is 17.6 Å². The molecule has 0 saturated carbocycles. The summed E-state index contributed by atoms with van der Waals surface area (Å²) in [6.45, 7) is 9.45. The van der Waals surface area contributed by atoms with Crippen LogP contribution >= 0.6 is 11.6 Å². The Morgan fingerprint density at radius 1 is 1.36 bits per heavy atom. The Labute approximate surface area is 152 Å². The van der Waals surface area contributed by atoms with Crippen LogP contribution in [0.1, 0.15) is 50.9 Å². The molecular formula is C18H24ClN3O3. The first-order valence-electron chi connectivity index (χ1n) is 8.37. The third kappa shape index (κ3) is 4.51. The molecule has 2 heterocycles. The van der Waals surface area contributed by atoms with Gasteiger partial charge in [0.15, 0.2) is 5.82 Å². The molecule has 2 rings (SSSR count). The van der Waals surface area contributed by atoms with Gasteiger partial charge in [0.25, 0.3) is 0 Å². The SMILES string of the molecule is CCC(COc1ccn(-c2ccc(C(=O)O)c(Cl)n2)n1)C(C)(C)CC. The van der Waals surface area contributed by atoms with Crippen LogP contribution in [0.4, 0.5) is 0 Å². The second-order valence-corrected chi connectivity index (χ2v) is 7.03. The highest BCUT2D eigenvalue weighted by Crippen LogP contribution is 2.33. The molecule has 25 heavy (non-hydrogen) atoms. The number of nitrogens with zero attached hydrogens (tertiary/aromatic N) is 3. The van der Waals surface area contributed by atoms with Gasteiger partial charge >= 0.3 is 5.97 Å². The topological polar surface area (TPSA) is 77.2 Å². The molecule has 1 atom stereocenters. The fraction of sp³-hybridized carbons (Fsp3) is 0.500. The number of hydrogen-bond donors (Lipinski definition) is 1. The minimum absolute atomic E-state index is 0.0402. The molecule has 0 aromatic carbocycles. The van der Waals surface area contributed by atoms with Crippen molar-refractivity contribution in [2.24, 2.45) is 11.3 Å². The molecule has 2 aromatic heterocycles. The summed E-state index contributed by atoms with van der Waals surface area (Å²) < 4.78 is 7.37. The fourth-order valence-corrected chi connectivity index (χ4v) is 2.82. The summed E-state index contributed by atoms with van der Waals surface area (Å²) in [4.78, 5) is 15.1. The Kier molecular flexibility index (Phi) is 6.06. The molecule has 0 aliphatic carbocycles. The average Bonchev–Trinajstić information content (AvgIpc) is 3.03. The van der Waals surface area contributed by atoms with E-state index in [1.54, 1.807) is 18.3 Å². The Balaban J connectivity index is 2.10. The predicted octanol–water partition coefficient (Wildman–Crippen LogP) is 4.46. The van der Waals surface area contributed by atoms with Gasteiger partial charge in [-0.15, -0.1) is 5.10 Å². The van der Waals surface area contributed by atoms with Gasteiger partial charge < -0.3 is 9.84 Å². The van der Waals surface area contributed by atoms with E-state index in [4.69, 9.17) is 21.4 Å². The summed E-state index contributed by atoms with van der Waals surface area (Å²) in [7, 11) is 0. The van der Waals surface area contributed by atoms with E-state index in [1.807, 2.05) is 0 Å². The van der Waals surface area contributed by atoms with Gasteiger partial charge in [0, 0.05) is 12.3 Å². The molecule has 0 bridgehead atoms. The number of halogens is 1. The van der Waals surface area contributed by atoms with Gasteiger partial charge in [-0.3, -0.25) is 0 Å². The molecular weight excluding hydrogens is 342 g/mol. The highest BCUT2D eigenvalue weighted by Gasteiger charge is 2.27. The number of carboxylic acids is 1. The van der Waals surface area contributed by atoms with E-state index in [-0.39, 0.29) is 16.1 Å². The lowest BCUT2D eigenvalue weighted by molar-refractivity contribution is 0.0696. The normalized spacial score (nSPS) is 12.8. The van der Waals surface area contributed by atoms with Crippen LogP contribution in [0, 0.1) is 11.3 Å². The predicted molar refractivity (Wildman–Crippen MR) is 96.7 cm³/mol. The lowest BCUT2D eigenvalue weighted by Crippen LogP contribution is -2.28. The van der Waals surface area contributed by atoms with Crippen molar-refractivity contribution in [1.82, 2.24) is 14.8 Å². The number of aromatic nitrogens is 3. The van der Waals surface area contributed by atoms with Gasteiger partial charge in [-0.2, -0.15) is 0 Å². The summed E-state index contributed by atoms with van der Waals surface area (Å²) in [6.07, 6.45) is 3.83. The molecule has 0 aliphatic heterocycles. The molecule has 6 nitrogen and oxygen atoms in total.